The molecule has 3 aliphatic heterocycles. The lowest BCUT2D eigenvalue weighted by Gasteiger charge is -2.25. The molecule has 10 heteroatoms. The maximum absolute atomic E-state index is 12.9. The number of rotatable bonds is 1. The summed E-state index contributed by atoms with van der Waals surface area (Å²) in [5.74, 6) is -1.17. The molecule has 10 nitrogen and oxygen atoms in total. The van der Waals surface area contributed by atoms with Crippen LogP contribution in [0.5, 0.6) is 0 Å². The number of ether oxygens (including phenoxy) is 2. The zero-order chi connectivity index (χ0) is 25.2. The second kappa shape index (κ2) is 10.1. The van der Waals surface area contributed by atoms with E-state index in [1.165, 1.54) is 10.5 Å². The summed E-state index contributed by atoms with van der Waals surface area (Å²) in [7, 11) is 0. The molecule has 4 bridgehead atoms. The summed E-state index contributed by atoms with van der Waals surface area (Å²) >= 11 is 0. The van der Waals surface area contributed by atoms with Crippen LogP contribution >= 0.6 is 0 Å². The molecular weight excluding hydrogens is 452 g/mol. The predicted molar refractivity (Wildman–Crippen MR) is 126 cm³/mol. The molecule has 2 atom stereocenters. The number of hydrogen-bond donors (Lipinski definition) is 2. The topological polar surface area (TPSA) is 131 Å². The van der Waals surface area contributed by atoms with E-state index in [1.54, 1.807) is 4.90 Å². The Balaban J connectivity index is 1.52. The highest BCUT2D eigenvalue weighted by Gasteiger charge is 2.41. The van der Waals surface area contributed by atoms with E-state index in [0.29, 0.717) is 13.1 Å². The monoisotopic (exact) mass is 486 g/mol. The number of carbonyl (C=O) groups is 4. The lowest BCUT2D eigenvalue weighted by atomic mass is 9.87. The number of cyclic esters (lactones) is 1. The molecule has 1 fully saturated rings. The Hall–Kier alpha value is -3.30. The molecule has 0 saturated carbocycles. The van der Waals surface area contributed by atoms with Crippen LogP contribution in [0.3, 0.4) is 0 Å². The molecular formula is C25H34N4O6. The Morgan fingerprint density at radius 3 is 2.69 bits per heavy atom. The minimum Gasteiger partial charge on any atom is -0.449 e. The SMILES string of the molecule is CC1(C)CCCCc2cccc3c2CN(C3)C(=O)OC2CC(C(N)=O)N(C2)C(=O)CNC(=O)OC1. The second-order valence-corrected chi connectivity index (χ2v) is 10.4. The molecule has 4 amide bonds. The van der Waals surface area contributed by atoms with Crippen LogP contribution < -0.4 is 11.1 Å². The Labute approximate surface area is 205 Å². The Morgan fingerprint density at radius 1 is 1.14 bits per heavy atom. The molecule has 1 aromatic carbocycles. The number of nitrogens with one attached hydrogen (secondary N) is 1. The number of nitrogens with two attached hydrogens (primary N) is 1. The van der Waals surface area contributed by atoms with E-state index < -0.39 is 36.1 Å². The Bertz CT molecular complexity index is 1010. The summed E-state index contributed by atoms with van der Waals surface area (Å²) in [5.41, 5.74) is 8.80. The van der Waals surface area contributed by atoms with Gasteiger partial charge in [0.25, 0.3) is 0 Å². The number of primary amides is 1. The number of carbonyl (C=O) groups excluding carboxylic acids is 4. The van der Waals surface area contributed by atoms with E-state index in [1.807, 2.05) is 26.0 Å². The van der Waals surface area contributed by atoms with E-state index in [2.05, 4.69) is 11.4 Å². The summed E-state index contributed by atoms with van der Waals surface area (Å²) in [6.07, 6.45) is 2.03. The maximum atomic E-state index is 12.9. The number of alkyl carbamates (subject to hydrolysis) is 1. The minimum atomic E-state index is -0.909. The van der Waals surface area contributed by atoms with Crippen LogP contribution in [0.15, 0.2) is 18.2 Å². The molecule has 1 saturated heterocycles. The first-order chi connectivity index (χ1) is 16.6. The van der Waals surface area contributed by atoms with Crippen LogP contribution in [0.4, 0.5) is 9.59 Å². The van der Waals surface area contributed by atoms with Gasteiger partial charge in [0.2, 0.25) is 11.8 Å². The largest absolute Gasteiger partial charge is 0.449 e. The minimum absolute atomic E-state index is 0.0357. The molecule has 3 heterocycles. The summed E-state index contributed by atoms with van der Waals surface area (Å²) in [5, 5.41) is 2.45. The molecule has 0 aromatic heterocycles. The quantitative estimate of drug-likeness (QED) is 0.625. The number of benzene rings is 1. The van der Waals surface area contributed by atoms with E-state index in [4.69, 9.17) is 15.2 Å². The molecule has 190 valence electrons. The van der Waals surface area contributed by atoms with Crippen molar-refractivity contribution < 1.29 is 28.7 Å². The van der Waals surface area contributed by atoms with Gasteiger partial charge < -0.3 is 25.4 Å². The third-order valence-corrected chi connectivity index (χ3v) is 7.05. The summed E-state index contributed by atoms with van der Waals surface area (Å²) < 4.78 is 11.0. The smallest absolute Gasteiger partial charge is 0.410 e. The maximum Gasteiger partial charge on any atom is 0.410 e. The highest BCUT2D eigenvalue weighted by atomic mass is 16.6. The van der Waals surface area contributed by atoms with Gasteiger partial charge in [-0.2, -0.15) is 0 Å². The van der Waals surface area contributed by atoms with Crippen molar-refractivity contribution in [2.75, 3.05) is 19.7 Å². The Morgan fingerprint density at radius 2 is 1.91 bits per heavy atom. The van der Waals surface area contributed by atoms with Crippen molar-refractivity contribution in [1.29, 1.82) is 0 Å². The van der Waals surface area contributed by atoms with Crippen LogP contribution in [-0.2, 0) is 38.6 Å². The highest BCUT2D eigenvalue weighted by molar-refractivity contribution is 5.89. The van der Waals surface area contributed by atoms with Gasteiger partial charge in [-0.25, -0.2) is 9.59 Å². The zero-order valence-electron chi connectivity index (χ0n) is 20.4. The third kappa shape index (κ3) is 5.86. The number of hydrogen-bond acceptors (Lipinski definition) is 6. The summed E-state index contributed by atoms with van der Waals surface area (Å²) in [4.78, 5) is 52.7. The average molecular weight is 487 g/mol. The van der Waals surface area contributed by atoms with Crippen molar-refractivity contribution in [2.45, 2.75) is 71.2 Å². The van der Waals surface area contributed by atoms with Crippen LogP contribution in [0, 0.1) is 5.41 Å². The van der Waals surface area contributed by atoms with Gasteiger partial charge in [-0.3, -0.25) is 14.5 Å². The van der Waals surface area contributed by atoms with Gasteiger partial charge in [0, 0.05) is 19.5 Å². The van der Waals surface area contributed by atoms with Crippen LogP contribution in [0.1, 0.15) is 56.2 Å². The van der Waals surface area contributed by atoms with Crippen molar-refractivity contribution in [2.24, 2.45) is 11.1 Å². The first-order valence-corrected chi connectivity index (χ1v) is 12.2. The fourth-order valence-corrected chi connectivity index (χ4v) is 5.05. The Kier molecular flexibility index (Phi) is 7.18. The van der Waals surface area contributed by atoms with Crippen LogP contribution in [0.2, 0.25) is 0 Å². The first kappa shape index (κ1) is 24.8. The molecule has 4 rings (SSSR count). The van der Waals surface area contributed by atoms with Crippen molar-refractivity contribution in [1.82, 2.24) is 15.1 Å². The molecule has 0 radical (unpaired) electrons. The van der Waals surface area contributed by atoms with Gasteiger partial charge in [0.15, 0.2) is 0 Å². The fourth-order valence-electron chi connectivity index (χ4n) is 5.05. The van der Waals surface area contributed by atoms with Crippen LogP contribution in [0.25, 0.3) is 0 Å². The van der Waals surface area contributed by atoms with Gasteiger partial charge >= 0.3 is 12.2 Å². The van der Waals surface area contributed by atoms with Crippen molar-refractivity contribution in [3.63, 3.8) is 0 Å². The van der Waals surface area contributed by atoms with Gasteiger partial charge in [-0.15, -0.1) is 0 Å². The molecule has 0 spiro atoms. The number of amides is 4. The van der Waals surface area contributed by atoms with E-state index in [-0.39, 0.29) is 31.5 Å². The van der Waals surface area contributed by atoms with Crippen molar-refractivity contribution >= 4 is 24.0 Å². The molecule has 3 aliphatic rings. The van der Waals surface area contributed by atoms with Gasteiger partial charge in [0.1, 0.15) is 18.7 Å². The molecule has 3 N–H and O–H groups in total. The highest BCUT2D eigenvalue weighted by Crippen LogP contribution is 2.30. The normalized spacial score (nSPS) is 25.5. The third-order valence-electron chi connectivity index (χ3n) is 7.05. The number of nitrogens with zero attached hydrogens (tertiary/aromatic N) is 2. The van der Waals surface area contributed by atoms with Crippen molar-refractivity contribution in [3.05, 3.63) is 34.9 Å². The van der Waals surface area contributed by atoms with Gasteiger partial charge in [-0.1, -0.05) is 38.5 Å². The standard InChI is InChI=1S/C25H34N4O6/c1-25(2)9-4-3-6-16-7-5-8-17-12-28(14-19(16)17)24(33)35-18-10-20(22(26)31)29(13-18)21(30)11-27-23(32)34-15-25/h5,7-8,18,20H,3-4,6,9-15H2,1-2H3,(H2,26,31)(H,27,32). The zero-order valence-corrected chi connectivity index (χ0v) is 20.4. The lowest BCUT2D eigenvalue weighted by Crippen LogP contribution is -2.47. The fraction of sp³-hybridized carbons (Fsp3) is 0.600. The number of fused-ring (bicyclic) bond motifs is 3. The molecule has 35 heavy (non-hydrogen) atoms. The van der Waals surface area contributed by atoms with E-state index >= 15 is 0 Å². The van der Waals surface area contributed by atoms with E-state index in [0.717, 1.165) is 36.8 Å². The second-order valence-electron chi connectivity index (χ2n) is 10.4. The average Bonchev–Trinajstić information content (AvgIpc) is 3.43. The van der Waals surface area contributed by atoms with E-state index in [9.17, 15) is 19.2 Å². The van der Waals surface area contributed by atoms with Crippen molar-refractivity contribution in [3.8, 4) is 0 Å². The van der Waals surface area contributed by atoms with Crippen LogP contribution in [-0.4, -0.2) is 65.6 Å². The number of aryl methyl sites for hydroxylation is 1. The van der Waals surface area contributed by atoms with Gasteiger partial charge in [0.05, 0.1) is 13.2 Å². The predicted octanol–water partition coefficient (Wildman–Crippen LogP) is 2.07. The molecule has 1 aromatic rings. The van der Waals surface area contributed by atoms with Gasteiger partial charge in [-0.05, 0) is 41.4 Å². The molecule has 2 unspecified atom stereocenters. The summed E-state index contributed by atoms with van der Waals surface area (Å²) in [6.45, 7) is 4.96. The first-order valence-electron chi connectivity index (χ1n) is 12.2. The molecule has 0 aliphatic carbocycles. The summed E-state index contributed by atoms with van der Waals surface area (Å²) in [6, 6.07) is 5.25. The lowest BCUT2D eigenvalue weighted by molar-refractivity contribution is -0.136.